The minimum absolute atomic E-state index is 0.00567. The van der Waals surface area contributed by atoms with Crippen molar-refractivity contribution in [3.8, 4) is 0 Å². The van der Waals surface area contributed by atoms with Gasteiger partial charge in [0.2, 0.25) is 5.91 Å². The molecule has 0 spiro atoms. The molecule has 1 amide bonds. The Labute approximate surface area is 513 Å². The van der Waals surface area contributed by atoms with Gasteiger partial charge in [-0.3, -0.25) is 9.59 Å². The van der Waals surface area contributed by atoms with Gasteiger partial charge in [-0.25, -0.2) is 0 Å². The minimum atomic E-state index is -0.663. The number of esters is 1. The Kier molecular flexibility index (Phi) is 70.4. The predicted octanol–water partition coefficient (Wildman–Crippen LogP) is 24.5. The van der Waals surface area contributed by atoms with E-state index >= 15 is 0 Å². The van der Waals surface area contributed by atoms with Crippen LogP contribution in [0.15, 0.2) is 24.3 Å². The summed E-state index contributed by atoms with van der Waals surface area (Å²) in [5, 5.41) is 23.5. The zero-order valence-electron chi connectivity index (χ0n) is 55.8. The second kappa shape index (κ2) is 71.8. The third kappa shape index (κ3) is 67.5. The van der Waals surface area contributed by atoms with Crippen molar-refractivity contribution in [2.45, 2.75) is 437 Å². The standard InChI is InChI=1S/C76H147NO5/c1-3-5-7-9-11-13-15-17-19-20-21-22-32-35-38-41-44-48-52-56-60-64-68-74(79)73(72-78)77-75(80)69-65-61-57-53-49-45-42-39-36-33-30-28-26-24-23-25-27-29-31-34-37-40-43-47-51-55-59-63-67-71-82-76(81)70-66-62-58-54-50-46-18-16-14-12-10-8-6-4-2/h10,12,16,18,73-74,78-79H,3-9,11,13-15,17,19-72H2,1-2H3,(H,77,80)/b12-10-,18-16-. The Bertz CT molecular complexity index is 1280. The number of nitrogens with one attached hydrogen (secondary N) is 1. The highest BCUT2D eigenvalue weighted by atomic mass is 16.5. The van der Waals surface area contributed by atoms with E-state index in [2.05, 4.69) is 43.5 Å². The topological polar surface area (TPSA) is 95.9 Å². The molecule has 0 aromatic rings. The van der Waals surface area contributed by atoms with Gasteiger partial charge in [0.25, 0.3) is 0 Å². The summed E-state index contributed by atoms with van der Waals surface area (Å²) in [7, 11) is 0. The lowest BCUT2D eigenvalue weighted by Gasteiger charge is -2.22. The van der Waals surface area contributed by atoms with Crippen molar-refractivity contribution in [1.29, 1.82) is 0 Å². The number of ether oxygens (including phenoxy) is 1. The zero-order chi connectivity index (χ0) is 59.2. The molecule has 0 saturated heterocycles. The summed E-state index contributed by atoms with van der Waals surface area (Å²) in [6.45, 7) is 4.95. The molecule has 2 atom stereocenters. The minimum Gasteiger partial charge on any atom is -0.466 e. The molecular weight excluding hydrogens is 1010 g/mol. The van der Waals surface area contributed by atoms with Crippen molar-refractivity contribution < 1.29 is 24.5 Å². The first-order valence-electron chi connectivity index (χ1n) is 37.6. The van der Waals surface area contributed by atoms with Crippen LogP contribution < -0.4 is 5.32 Å². The molecule has 0 radical (unpaired) electrons. The number of aliphatic hydroxyl groups is 2. The molecule has 3 N–H and O–H groups in total. The Balaban J connectivity index is 3.34. The SMILES string of the molecule is CCCC/C=C\C/C=C\CCCCCCCC(=O)OCCCCCCCCCCCCCCCCCCCCCCCCCCCCCCCC(=O)NC(CO)C(O)CCCCCCCCCCCCCCCCCCCCCCCC. The summed E-state index contributed by atoms with van der Waals surface area (Å²) in [5.74, 6) is -0.0207. The highest BCUT2D eigenvalue weighted by molar-refractivity contribution is 5.76. The van der Waals surface area contributed by atoms with E-state index in [1.54, 1.807) is 0 Å². The van der Waals surface area contributed by atoms with Crippen molar-refractivity contribution in [2.75, 3.05) is 13.2 Å². The molecule has 0 rings (SSSR count). The van der Waals surface area contributed by atoms with Gasteiger partial charge in [-0.1, -0.05) is 385 Å². The number of allylic oxidation sites excluding steroid dienone is 4. The van der Waals surface area contributed by atoms with E-state index in [1.165, 1.54) is 340 Å². The van der Waals surface area contributed by atoms with Crippen molar-refractivity contribution in [3.05, 3.63) is 24.3 Å². The van der Waals surface area contributed by atoms with E-state index in [-0.39, 0.29) is 18.5 Å². The van der Waals surface area contributed by atoms with E-state index < -0.39 is 12.1 Å². The Morgan fingerprint density at radius 1 is 0.341 bits per heavy atom. The van der Waals surface area contributed by atoms with Crippen molar-refractivity contribution in [3.63, 3.8) is 0 Å². The third-order valence-electron chi connectivity index (χ3n) is 17.8. The number of hydrogen-bond donors (Lipinski definition) is 3. The first-order chi connectivity index (χ1) is 40.5. The molecule has 2 unspecified atom stereocenters. The molecule has 0 saturated carbocycles. The van der Waals surface area contributed by atoms with Crippen LogP contribution in [0.3, 0.4) is 0 Å². The van der Waals surface area contributed by atoms with Gasteiger partial charge in [-0.05, 0) is 51.4 Å². The van der Waals surface area contributed by atoms with Gasteiger partial charge in [-0.2, -0.15) is 0 Å². The lowest BCUT2D eigenvalue weighted by atomic mass is 10.0. The number of amides is 1. The summed E-state index contributed by atoms with van der Waals surface area (Å²) >= 11 is 0. The monoisotopic (exact) mass is 1150 g/mol. The van der Waals surface area contributed by atoms with E-state index in [9.17, 15) is 19.8 Å². The van der Waals surface area contributed by atoms with Crippen LogP contribution in [0.2, 0.25) is 0 Å². The van der Waals surface area contributed by atoms with Crippen molar-refractivity contribution in [1.82, 2.24) is 5.32 Å². The lowest BCUT2D eigenvalue weighted by Crippen LogP contribution is -2.45. The quantitative estimate of drug-likeness (QED) is 0.0320. The van der Waals surface area contributed by atoms with E-state index in [1.807, 2.05) is 0 Å². The van der Waals surface area contributed by atoms with Crippen LogP contribution in [0.1, 0.15) is 425 Å². The van der Waals surface area contributed by atoms with Crippen LogP contribution in [0.25, 0.3) is 0 Å². The average molecular weight is 1160 g/mol. The second-order valence-corrected chi connectivity index (χ2v) is 26.0. The Morgan fingerprint density at radius 2 is 0.622 bits per heavy atom. The van der Waals surface area contributed by atoms with Gasteiger partial charge >= 0.3 is 5.97 Å². The first-order valence-corrected chi connectivity index (χ1v) is 37.6. The van der Waals surface area contributed by atoms with Gasteiger partial charge in [0.05, 0.1) is 25.4 Å². The molecule has 0 aromatic carbocycles. The number of hydrogen-bond acceptors (Lipinski definition) is 5. The van der Waals surface area contributed by atoms with Crippen molar-refractivity contribution in [2.24, 2.45) is 0 Å². The van der Waals surface area contributed by atoms with Crippen LogP contribution >= 0.6 is 0 Å². The summed E-state index contributed by atoms with van der Waals surface area (Å²) < 4.78 is 5.49. The molecule has 0 aliphatic rings. The predicted molar refractivity (Wildman–Crippen MR) is 361 cm³/mol. The van der Waals surface area contributed by atoms with Crippen molar-refractivity contribution >= 4 is 11.9 Å². The Hall–Kier alpha value is -1.66. The smallest absolute Gasteiger partial charge is 0.305 e. The van der Waals surface area contributed by atoms with Gasteiger partial charge in [0.15, 0.2) is 0 Å². The molecule has 486 valence electrons. The van der Waals surface area contributed by atoms with Gasteiger partial charge in [-0.15, -0.1) is 0 Å². The molecule has 0 heterocycles. The van der Waals surface area contributed by atoms with Gasteiger partial charge in [0.1, 0.15) is 0 Å². The highest BCUT2D eigenvalue weighted by Crippen LogP contribution is 2.20. The maximum Gasteiger partial charge on any atom is 0.305 e. The van der Waals surface area contributed by atoms with E-state index in [4.69, 9.17) is 4.74 Å². The third-order valence-corrected chi connectivity index (χ3v) is 17.8. The maximum atomic E-state index is 12.6. The molecule has 0 aliphatic carbocycles. The van der Waals surface area contributed by atoms with Crippen LogP contribution in [-0.4, -0.2) is 47.4 Å². The summed E-state index contributed by atoms with van der Waals surface area (Å²) in [5.41, 5.74) is 0. The molecule has 6 nitrogen and oxygen atoms in total. The lowest BCUT2D eigenvalue weighted by molar-refractivity contribution is -0.143. The molecule has 0 aromatic heterocycles. The van der Waals surface area contributed by atoms with Crippen LogP contribution in [0, 0.1) is 0 Å². The molecule has 82 heavy (non-hydrogen) atoms. The highest BCUT2D eigenvalue weighted by Gasteiger charge is 2.20. The first kappa shape index (κ1) is 80.3. The van der Waals surface area contributed by atoms with Crippen LogP contribution in [-0.2, 0) is 14.3 Å². The van der Waals surface area contributed by atoms with E-state index in [0.717, 1.165) is 51.4 Å². The van der Waals surface area contributed by atoms with Crippen LogP contribution in [0.5, 0.6) is 0 Å². The van der Waals surface area contributed by atoms with E-state index in [0.29, 0.717) is 25.9 Å². The molecule has 0 aliphatic heterocycles. The summed E-state index contributed by atoms with van der Waals surface area (Å²) in [6, 6.07) is -0.540. The molecule has 0 fully saturated rings. The number of carbonyl (C=O) groups excluding carboxylic acids is 2. The second-order valence-electron chi connectivity index (χ2n) is 26.0. The van der Waals surface area contributed by atoms with Gasteiger partial charge in [0, 0.05) is 12.8 Å². The average Bonchev–Trinajstić information content (AvgIpc) is 3.48. The fourth-order valence-electron chi connectivity index (χ4n) is 12.0. The number of unbranched alkanes of at least 4 members (excludes halogenated alkanes) is 56. The fourth-order valence-corrected chi connectivity index (χ4v) is 12.0. The Morgan fingerprint density at radius 3 is 0.963 bits per heavy atom. The molecule has 0 bridgehead atoms. The number of carbonyl (C=O) groups is 2. The number of rotatable bonds is 71. The molecule has 6 heteroatoms. The largest absolute Gasteiger partial charge is 0.466 e. The zero-order valence-corrected chi connectivity index (χ0v) is 55.8. The summed E-state index contributed by atoms with van der Waals surface area (Å²) in [4.78, 5) is 24.6. The summed E-state index contributed by atoms with van der Waals surface area (Å²) in [6.07, 6.45) is 91.0. The fraction of sp³-hybridized carbons (Fsp3) is 0.921. The normalized spacial score (nSPS) is 12.6. The maximum absolute atomic E-state index is 12.6. The van der Waals surface area contributed by atoms with Crippen LogP contribution in [0.4, 0.5) is 0 Å². The number of aliphatic hydroxyl groups excluding tert-OH is 2. The van der Waals surface area contributed by atoms with Gasteiger partial charge < -0.3 is 20.3 Å². The molecular formula is C76H147NO5.